The van der Waals surface area contributed by atoms with Crippen LogP contribution in [0.3, 0.4) is 0 Å². The summed E-state index contributed by atoms with van der Waals surface area (Å²) >= 11 is 0. The highest BCUT2D eigenvalue weighted by Gasteiger charge is 2.27. The number of fused-ring (bicyclic) bond motifs is 2. The minimum atomic E-state index is -0.353. The van der Waals surface area contributed by atoms with Gasteiger partial charge >= 0.3 is 13.5 Å². The van der Waals surface area contributed by atoms with Crippen LogP contribution in [0.4, 0.5) is 0 Å². The van der Waals surface area contributed by atoms with E-state index in [0.29, 0.717) is 38.2 Å². The molecule has 30 heavy (non-hydrogen) atoms. The van der Waals surface area contributed by atoms with Crippen LogP contribution in [0, 0.1) is 0 Å². The van der Waals surface area contributed by atoms with Crippen molar-refractivity contribution < 1.29 is 19.0 Å². The van der Waals surface area contributed by atoms with Crippen LogP contribution in [0.15, 0.2) is 36.4 Å². The van der Waals surface area contributed by atoms with Crippen molar-refractivity contribution in [1.82, 2.24) is 10.6 Å². The molecule has 156 valence electrons. The molecule has 0 aromatic heterocycles. The monoisotopic (exact) mass is 406 g/mol. The molecule has 2 aliphatic rings. The first-order chi connectivity index (χ1) is 14.6. The minimum absolute atomic E-state index is 0.0203. The molecule has 0 saturated carbocycles. The molecule has 0 spiro atoms. The lowest BCUT2D eigenvalue weighted by Gasteiger charge is -2.26. The van der Waals surface area contributed by atoms with Gasteiger partial charge in [0.25, 0.3) is 0 Å². The molecule has 2 aliphatic heterocycles. The Morgan fingerprint density at radius 1 is 1.20 bits per heavy atom. The van der Waals surface area contributed by atoms with Crippen LogP contribution < -0.4 is 15.3 Å². The topological polar surface area (TPSA) is 76.7 Å². The van der Waals surface area contributed by atoms with Crippen molar-refractivity contribution in [3.05, 3.63) is 64.2 Å². The Labute approximate surface area is 177 Å². The van der Waals surface area contributed by atoms with Gasteiger partial charge in [0.05, 0.1) is 13.0 Å². The highest BCUT2D eigenvalue weighted by molar-refractivity contribution is 6.32. The van der Waals surface area contributed by atoms with Gasteiger partial charge in [0.15, 0.2) is 0 Å². The number of hydrogen-bond donors (Lipinski definition) is 2. The van der Waals surface area contributed by atoms with E-state index in [2.05, 4.69) is 29.7 Å². The average molecular weight is 406 g/mol. The van der Waals surface area contributed by atoms with Crippen molar-refractivity contribution in [3.63, 3.8) is 0 Å². The Morgan fingerprint density at radius 3 is 2.93 bits per heavy atom. The van der Waals surface area contributed by atoms with Gasteiger partial charge < -0.3 is 20.0 Å². The third-order valence-corrected chi connectivity index (χ3v) is 5.57. The third kappa shape index (κ3) is 4.67. The van der Waals surface area contributed by atoms with Crippen LogP contribution in [0.1, 0.15) is 52.4 Å². The van der Waals surface area contributed by atoms with Gasteiger partial charge in [-0.05, 0) is 41.2 Å². The first-order valence-electron chi connectivity index (χ1n) is 10.7. The normalized spacial score (nSPS) is 16.6. The Balaban J connectivity index is 1.35. The summed E-state index contributed by atoms with van der Waals surface area (Å²) in [5.41, 5.74) is 4.97. The molecular weight excluding hydrogens is 379 g/mol. The van der Waals surface area contributed by atoms with Gasteiger partial charge in [-0.25, -0.2) is 4.79 Å². The molecule has 1 amide bonds. The summed E-state index contributed by atoms with van der Waals surface area (Å²) in [6.07, 6.45) is 2.79. The van der Waals surface area contributed by atoms with Gasteiger partial charge in [0, 0.05) is 19.0 Å². The summed E-state index contributed by atoms with van der Waals surface area (Å²) < 4.78 is 11.2. The zero-order valence-electron chi connectivity index (χ0n) is 17.3. The molecular formula is C23H27BN2O4. The molecule has 0 saturated heterocycles. The zero-order chi connectivity index (χ0) is 20.9. The standard InChI is InChI=1S/C23H27BN2O4/c1-2-3-9-29-23(28)19-6-4-5-16-12-20(24-30-22(16)19)26-21(27)11-15-7-8-17-13-25-14-18(17)10-15/h4-8,10,20,24-25H,2-3,9,11-14H2,1H3,(H,26,27). The van der Waals surface area contributed by atoms with E-state index >= 15 is 0 Å². The number of amides is 1. The minimum Gasteiger partial charge on any atom is -0.561 e. The van der Waals surface area contributed by atoms with Gasteiger partial charge in [0.2, 0.25) is 5.91 Å². The number of nitrogens with one attached hydrogen (secondary N) is 2. The third-order valence-electron chi connectivity index (χ3n) is 5.57. The summed E-state index contributed by atoms with van der Waals surface area (Å²) in [5, 5.41) is 6.39. The van der Waals surface area contributed by atoms with E-state index in [-0.39, 0.29) is 17.8 Å². The summed E-state index contributed by atoms with van der Waals surface area (Å²) in [5.74, 6) is 0.0880. The molecule has 1 atom stereocenters. The number of carbonyl (C=O) groups excluding carboxylic acids is 2. The van der Waals surface area contributed by atoms with Crippen LogP contribution in [-0.4, -0.2) is 31.9 Å². The maximum Gasteiger partial charge on any atom is 0.363 e. The van der Waals surface area contributed by atoms with Crippen molar-refractivity contribution in [2.24, 2.45) is 0 Å². The van der Waals surface area contributed by atoms with Gasteiger partial charge in [-0.3, -0.25) is 4.79 Å². The molecule has 0 aliphatic carbocycles. The highest BCUT2D eigenvalue weighted by Crippen LogP contribution is 2.29. The molecule has 4 rings (SSSR count). The number of ether oxygens (including phenoxy) is 1. The van der Waals surface area contributed by atoms with Crippen LogP contribution in [0.2, 0.25) is 0 Å². The fraction of sp³-hybridized carbons (Fsp3) is 0.391. The predicted octanol–water partition coefficient (Wildman–Crippen LogP) is 2.22. The lowest BCUT2D eigenvalue weighted by molar-refractivity contribution is -0.120. The fourth-order valence-electron chi connectivity index (χ4n) is 3.99. The molecule has 2 heterocycles. The number of unbranched alkanes of at least 4 members (excludes halogenated alkanes) is 1. The van der Waals surface area contributed by atoms with Gasteiger partial charge in [-0.1, -0.05) is 43.7 Å². The smallest absolute Gasteiger partial charge is 0.363 e. The Bertz CT molecular complexity index is 947. The van der Waals surface area contributed by atoms with Crippen molar-refractivity contribution in [3.8, 4) is 5.75 Å². The number of benzene rings is 2. The fourth-order valence-corrected chi connectivity index (χ4v) is 3.99. The van der Waals surface area contributed by atoms with Gasteiger partial charge in [0.1, 0.15) is 11.3 Å². The number of esters is 1. The van der Waals surface area contributed by atoms with Crippen LogP contribution in [-0.2, 0) is 35.5 Å². The summed E-state index contributed by atoms with van der Waals surface area (Å²) in [6, 6.07) is 11.7. The van der Waals surface area contributed by atoms with E-state index in [1.165, 1.54) is 11.1 Å². The SMILES string of the molecule is CCCCOC(=O)c1cccc2c1OBC(NC(=O)Cc1ccc3c(c1)CNC3)C2. The molecule has 0 bridgehead atoms. The first-order valence-corrected chi connectivity index (χ1v) is 10.7. The Kier molecular flexibility index (Phi) is 6.38. The molecule has 2 aromatic rings. The molecule has 0 radical (unpaired) electrons. The highest BCUT2D eigenvalue weighted by atomic mass is 16.5. The number of rotatable bonds is 7. The Morgan fingerprint density at radius 2 is 2.07 bits per heavy atom. The second-order valence-electron chi connectivity index (χ2n) is 7.95. The maximum absolute atomic E-state index is 12.6. The van der Waals surface area contributed by atoms with E-state index in [0.717, 1.165) is 37.1 Å². The van der Waals surface area contributed by atoms with Crippen molar-refractivity contribution in [2.75, 3.05) is 6.61 Å². The lowest BCUT2D eigenvalue weighted by atomic mass is 9.79. The first kappa shape index (κ1) is 20.5. The van der Waals surface area contributed by atoms with Gasteiger partial charge in [-0.2, -0.15) is 0 Å². The second-order valence-corrected chi connectivity index (χ2v) is 7.95. The molecule has 2 N–H and O–H groups in total. The number of para-hydroxylation sites is 1. The molecule has 0 fully saturated rings. The van der Waals surface area contributed by atoms with E-state index < -0.39 is 0 Å². The summed E-state index contributed by atoms with van der Waals surface area (Å²) in [6.45, 7) is 4.23. The van der Waals surface area contributed by atoms with E-state index in [9.17, 15) is 9.59 Å². The van der Waals surface area contributed by atoms with E-state index in [4.69, 9.17) is 9.39 Å². The van der Waals surface area contributed by atoms with E-state index in [1.807, 2.05) is 18.2 Å². The predicted molar refractivity (Wildman–Crippen MR) is 116 cm³/mol. The Hall–Kier alpha value is -2.80. The molecule has 2 aromatic carbocycles. The maximum atomic E-state index is 12.6. The lowest BCUT2D eigenvalue weighted by Crippen LogP contribution is -2.45. The molecule has 7 heteroatoms. The quantitative estimate of drug-likeness (QED) is 0.419. The molecule has 6 nitrogen and oxygen atoms in total. The van der Waals surface area contributed by atoms with Crippen LogP contribution in [0.5, 0.6) is 5.75 Å². The second kappa shape index (κ2) is 9.35. The average Bonchev–Trinajstić information content (AvgIpc) is 3.21. The van der Waals surface area contributed by atoms with Crippen LogP contribution in [0.25, 0.3) is 0 Å². The van der Waals surface area contributed by atoms with E-state index in [1.54, 1.807) is 6.07 Å². The summed E-state index contributed by atoms with van der Waals surface area (Å²) in [4.78, 5) is 24.9. The summed E-state index contributed by atoms with van der Waals surface area (Å²) in [7, 11) is 0.339. The van der Waals surface area contributed by atoms with Crippen molar-refractivity contribution in [1.29, 1.82) is 0 Å². The van der Waals surface area contributed by atoms with Crippen molar-refractivity contribution in [2.45, 2.75) is 51.6 Å². The van der Waals surface area contributed by atoms with Gasteiger partial charge in [-0.15, -0.1) is 0 Å². The largest absolute Gasteiger partial charge is 0.561 e. The van der Waals surface area contributed by atoms with Crippen molar-refractivity contribution >= 4 is 19.4 Å². The number of carbonyl (C=O) groups is 2. The zero-order valence-corrected chi connectivity index (χ0v) is 17.3. The van der Waals surface area contributed by atoms with Crippen LogP contribution >= 0.6 is 0 Å². The number of hydrogen-bond acceptors (Lipinski definition) is 5. The molecule has 1 unspecified atom stereocenters.